The monoisotopic (exact) mass is 562 g/mol. The van der Waals surface area contributed by atoms with E-state index in [9.17, 15) is 18.3 Å². The lowest BCUT2D eigenvalue weighted by Crippen LogP contribution is -2.53. The summed E-state index contributed by atoms with van der Waals surface area (Å²) in [6.07, 6.45) is 0.272. The molecular formula is C33H42N2O4S. The summed E-state index contributed by atoms with van der Waals surface area (Å²) in [5.74, 6) is -0.00997. The highest BCUT2D eigenvalue weighted by atomic mass is 32.2. The van der Waals surface area contributed by atoms with E-state index in [0.29, 0.717) is 25.1 Å². The molecule has 3 aromatic rings. The van der Waals surface area contributed by atoms with E-state index in [-0.39, 0.29) is 34.2 Å². The zero-order chi connectivity index (χ0) is 29.3. The first-order chi connectivity index (χ1) is 18.7. The third-order valence-electron chi connectivity index (χ3n) is 7.93. The molecule has 1 saturated heterocycles. The number of amides is 1. The Morgan fingerprint density at radius 1 is 0.925 bits per heavy atom. The Kier molecular flexibility index (Phi) is 8.36. The fraction of sp³-hybridized carbons (Fsp3) is 0.424. The standard InChI is InChI=1S/C33H42N2O4S/c1-32(2,3)26-17-18-29(28(22-26)25-13-9-7-10-14-25)35(40(38,39)27-15-11-8-12-16-27)23-24-19-20-34(31(36)37)30(21-24)33(4,5)6/h7-18,22,24,30H,19-21,23H2,1-6H3,(H,36,37). The van der Waals surface area contributed by atoms with Crippen LogP contribution in [0.25, 0.3) is 11.1 Å². The number of carboxylic acid groups (broad SMARTS) is 1. The zero-order valence-corrected chi connectivity index (χ0v) is 25.3. The van der Waals surface area contributed by atoms with Crippen LogP contribution >= 0.6 is 0 Å². The molecule has 1 aliphatic heterocycles. The van der Waals surface area contributed by atoms with Crippen molar-refractivity contribution in [3.8, 4) is 11.1 Å². The fourth-order valence-corrected chi connectivity index (χ4v) is 7.18. The molecule has 0 bridgehead atoms. The van der Waals surface area contributed by atoms with Crippen molar-refractivity contribution in [2.75, 3.05) is 17.4 Å². The molecule has 40 heavy (non-hydrogen) atoms. The number of hydrogen-bond donors (Lipinski definition) is 1. The maximum Gasteiger partial charge on any atom is 0.407 e. The molecule has 6 nitrogen and oxygen atoms in total. The number of likely N-dealkylation sites (tertiary alicyclic amines) is 1. The van der Waals surface area contributed by atoms with Crippen molar-refractivity contribution >= 4 is 21.8 Å². The van der Waals surface area contributed by atoms with Gasteiger partial charge in [-0.25, -0.2) is 13.2 Å². The van der Waals surface area contributed by atoms with E-state index in [2.05, 4.69) is 26.8 Å². The van der Waals surface area contributed by atoms with Crippen molar-refractivity contribution in [3.05, 3.63) is 84.4 Å². The van der Waals surface area contributed by atoms with E-state index >= 15 is 0 Å². The van der Waals surface area contributed by atoms with Crippen LogP contribution in [-0.2, 0) is 15.4 Å². The van der Waals surface area contributed by atoms with E-state index in [4.69, 9.17) is 0 Å². The average Bonchev–Trinajstić information content (AvgIpc) is 2.91. The van der Waals surface area contributed by atoms with Crippen molar-refractivity contribution in [1.29, 1.82) is 0 Å². The van der Waals surface area contributed by atoms with E-state index < -0.39 is 16.1 Å². The van der Waals surface area contributed by atoms with Gasteiger partial charge in [0, 0.05) is 24.7 Å². The van der Waals surface area contributed by atoms with Crippen LogP contribution in [0.15, 0.2) is 83.8 Å². The molecule has 3 aromatic carbocycles. The fourth-order valence-electron chi connectivity index (χ4n) is 5.60. The van der Waals surface area contributed by atoms with Gasteiger partial charge in [-0.15, -0.1) is 0 Å². The first kappa shape index (κ1) is 29.7. The Bertz CT molecular complexity index is 1420. The second-order valence-electron chi connectivity index (χ2n) is 12.9. The van der Waals surface area contributed by atoms with Crippen LogP contribution in [-0.4, -0.2) is 43.6 Å². The normalized spacial score (nSPS) is 18.4. The minimum absolute atomic E-state index is 0.00997. The van der Waals surface area contributed by atoms with Crippen LogP contribution in [0, 0.1) is 11.3 Å². The molecule has 0 aliphatic carbocycles. The number of anilines is 1. The van der Waals surface area contributed by atoms with Gasteiger partial charge < -0.3 is 10.0 Å². The molecule has 1 N–H and O–H groups in total. The Morgan fingerprint density at radius 3 is 2.08 bits per heavy atom. The molecule has 1 fully saturated rings. The highest BCUT2D eigenvalue weighted by Gasteiger charge is 2.40. The number of rotatable bonds is 6. The lowest BCUT2D eigenvalue weighted by Gasteiger charge is -2.45. The van der Waals surface area contributed by atoms with E-state index in [1.165, 1.54) is 4.90 Å². The molecule has 0 aromatic heterocycles. The summed E-state index contributed by atoms with van der Waals surface area (Å²) in [7, 11) is -3.91. The maximum atomic E-state index is 14.3. The maximum absolute atomic E-state index is 14.3. The Labute approximate surface area is 239 Å². The van der Waals surface area contributed by atoms with Crippen LogP contribution in [0.1, 0.15) is 59.9 Å². The van der Waals surface area contributed by atoms with Gasteiger partial charge >= 0.3 is 6.09 Å². The molecule has 7 heteroatoms. The molecule has 2 unspecified atom stereocenters. The number of carbonyl (C=O) groups is 1. The Morgan fingerprint density at radius 2 is 1.52 bits per heavy atom. The van der Waals surface area contributed by atoms with Gasteiger partial charge in [0.05, 0.1) is 10.6 Å². The minimum atomic E-state index is -3.91. The van der Waals surface area contributed by atoms with Gasteiger partial charge in [0.2, 0.25) is 0 Å². The van der Waals surface area contributed by atoms with Gasteiger partial charge in [-0.05, 0) is 65.0 Å². The van der Waals surface area contributed by atoms with Gasteiger partial charge in [-0.3, -0.25) is 4.31 Å². The Balaban J connectivity index is 1.85. The number of hydrogen-bond acceptors (Lipinski definition) is 3. The molecular weight excluding hydrogens is 520 g/mol. The van der Waals surface area contributed by atoms with Crippen LogP contribution in [0.2, 0.25) is 0 Å². The summed E-state index contributed by atoms with van der Waals surface area (Å²) >= 11 is 0. The Hall–Kier alpha value is -3.32. The van der Waals surface area contributed by atoms with Crippen molar-refractivity contribution in [3.63, 3.8) is 0 Å². The second kappa shape index (κ2) is 11.3. The van der Waals surface area contributed by atoms with Gasteiger partial charge in [-0.1, -0.05) is 96.1 Å². The van der Waals surface area contributed by atoms with Gasteiger partial charge in [0.25, 0.3) is 10.0 Å². The second-order valence-corrected chi connectivity index (χ2v) is 14.8. The average molecular weight is 563 g/mol. The van der Waals surface area contributed by atoms with Crippen LogP contribution in [0.5, 0.6) is 0 Å². The minimum Gasteiger partial charge on any atom is -0.465 e. The molecule has 2 atom stereocenters. The third-order valence-corrected chi connectivity index (χ3v) is 9.72. The van der Waals surface area contributed by atoms with Crippen LogP contribution < -0.4 is 4.31 Å². The lowest BCUT2D eigenvalue weighted by atomic mass is 9.77. The van der Waals surface area contributed by atoms with E-state index in [1.54, 1.807) is 28.6 Å². The van der Waals surface area contributed by atoms with Gasteiger partial charge in [0.1, 0.15) is 0 Å². The SMILES string of the molecule is CC(C)(C)c1ccc(N(CC2CCN(C(=O)O)C(C(C)(C)C)C2)S(=O)(=O)c2ccccc2)c(-c2ccccc2)c1. The summed E-state index contributed by atoms with van der Waals surface area (Å²) in [5, 5.41) is 9.87. The van der Waals surface area contributed by atoms with Crippen LogP contribution in [0.4, 0.5) is 10.5 Å². The van der Waals surface area contributed by atoms with E-state index in [0.717, 1.165) is 16.7 Å². The number of nitrogens with zero attached hydrogens (tertiary/aromatic N) is 2. The summed E-state index contributed by atoms with van der Waals surface area (Å²) in [4.78, 5) is 13.8. The topological polar surface area (TPSA) is 77.9 Å². The molecule has 1 heterocycles. The molecule has 1 amide bonds. The molecule has 0 radical (unpaired) electrons. The van der Waals surface area contributed by atoms with Gasteiger partial charge in [-0.2, -0.15) is 0 Å². The van der Waals surface area contributed by atoms with Crippen molar-refractivity contribution < 1.29 is 18.3 Å². The summed E-state index contributed by atoms with van der Waals surface area (Å²) in [5.41, 5.74) is 3.18. The largest absolute Gasteiger partial charge is 0.465 e. The van der Waals surface area contributed by atoms with Crippen molar-refractivity contribution in [2.24, 2.45) is 11.3 Å². The smallest absolute Gasteiger partial charge is 0.407 e. The molecule has 0 saturated carbocycles. The summed E-state index contributed by atoms with van der Waals surface area (Å²) in [6.45, 7) is 13.3. The van der Waals surface area contributed by atoms with Crippen LogP contribution in [0.3, 0.4) is 0 Å². The molecule has 214 valence electrons. The van der Waals surface area contributed by atoms with E-state index in [1.807, 2.05) is 69.3 Å². The van der Waals surface area contributed by atoms with Crippen molar-refractivity contribution in [2.45, 2.75) is 70.7 Å². The number of sulfonamides is 1. The lowest BCUT2D eigenvalue weighted by molar-refractivity contribution is 0.0423. The first-order valence-corrected chi connectivity index (χ1v) is 15.4. The predicted molar refractivity (Wildman–Crippen MR) is 162 cm³/mol. The highest BCUT2D eigenvalue weighted by molar-refractivity contribution is 7.92. The predicted octanol–water partition coefficient (Wildman–Crippen LogP) is 7.65. The highest BCUT2D eigenvalue weighted by Crippen LogP contribution is 2.40. The third kappa shape index (κ3) is 6.35. The molecule has 0 spiro atoms. The number of piperidine rings is 1. The quantitative estimate of drug-likeness (QED) is 0.335. The summed E-state index contributed by atoms with van der Waals surface area (Å²) < 4.78 is 30.3. The first-order valence-electron chi connectivity index (χ1n) is 14.0. The van der Waals surface area contributed by atoms with Gasteiger partial charge in [0.15, 0.2) is 0 Å². The van der Waals surface area contributed by atoms with Crippen molar-refractivity contribution in [1.82, 2.24) is 4.90 Å². The molecule has 1 aliphatic rings. The zero-order valence-electron chi connectivity index (χ0n) is 24.5. The molecule has 4 rings (SSSR count). The number of benzene rings is 3. The summed E-state index contributed by atoms with van der Waals surface area (Å²) in [6, 6.07) is 24.4.